The van der Waals surface area contributed by atoms with Crippen LogP contribution >= 0.6 is 23.6 Å². The van der Waals surface area contributed by atoms with E-state index in [2.05, 4.69) is 10.3 Å². The zero-order valence-corrected chi connectivity index (χ0v) is 10.7. The molecule has 1 heterocycles. The van der Waals surface area contributed by atoms with Crippen molar-refractivity contribution in [1.82, 2.24) is 10.3 Å². The van der Waals surface area contributed by atoms with Crippen molar-refractivity contribution in [2.45, 2.75) is 6.42 Å². The molecule has 0 radical (unpaired) electrons. The zero-order valence-electron chi connectivity index (χ0n) is 9.10. The highest BCUT2D eigenvalue weighted by Crippen LogP contribution is 2.04. The number of rotatable bonds is 4. The van der Waals surface area contributed by atoms with E-state index in [1.807, 2.05) is 30.3 Å². The summed E-state index contributed by atoms with van der Waals surface area (Å²) >= 11 is 6.29. The lowest BCUT2D eigenvalue weighted by atomic mass is 10.1. The van der Waals surface area contributed by atoms with Crippen molar-refractivity contribution < 1.29 is 4.79 Å². The summed E-state index contributed by atoms with van der Waals surface area (Å²) < 4.78 is 0.623. The van der Waals surface area contributed by atoms with Gasteiger partial charge in [0.2, 0.25) is 0 Å². The topological polar surface area (TPSA) is 44.9 Å². The van der Waals surface area contributed by atoms with Gasteiger partial charge in [-0.3, -0.25) is 4.79 Å². The van der Waals surface area contributed by atoms with Crippen molar-refractivity contribution in [3.63, 3.8) is 0 Å². The summed E-state index contributed by atoms with van der Waals surface area (Å²) in [5, 5.41) is 4.59. The molecule has 0 atom stereocenters. The lowest BCUT2D eigenvalue weighted by Crippen LogP contribution is -2.25. The van der Waals surface area contributed by atoms with Crippen LogP contribution in [0.1, 0.15) is 16.1 Å². The van der Waals surface area contributed by atoms with Crippen molar-refractivity contribution in [2.75, 3.05) is 6.54 Å². The first-order chi connectivity index (χ1) is 8.25. The fourth-order valence-corrected chi connectivity index (χ4v) is 2.27. The molecule has 2 aromatic rings. The van der Waals surface area contributed by atoms with Crippen LogP contribution in [0.15, 0.2) is 35.7 Å². The molecule has 1 aromatic carbocycles. The lowest BCUT2D eigenvalue weighted by molar-refractivity contribution is 0.0950. The predicted octanol–water partition coefficient (Wildman–Crippen LogP) is 2.78. The molecule has 2 N–H and O–H groups in total. The summed E-state index contributed by atoms with van der Waals surface area (Å²) in [7, 11) is 0. The molecule has 0 aliphatic carbocycles. The Morgan fingerprint density at radius 1 is 1.35 bits per heavy atom. The highest BCUT2D eigenvalue weighted by molar-refractivity contribution is 7.73. The third-order valence-corrected chi connectivity index (χ3v) is 3.37. The summed E-state index contributed by atoms with van der Waals surface area (Å²) in [5.74, 6) is -0.103. The quantitative estimate of drug-likeness (QED) is 0.834. The number of aromatic amines is 1. The van der Waals surface area contributed by atoms with Crippen LogP contribution in [0.4, 0.5) is 0 Å². The molecule has 3 nitrogen and oxygen atoms in total. The molecule has 88 valence electrons. The molecule has 0 saturated carbocycles. The summed E-state index contributed by atoms with van der Waals surface area (Å²) in [4.78, 5) is 14.5. The first-order valence-electron chi connectivity index (χ1n) is 5.25. The molecule has 0 bridgehead atoms. The maximum Gasteiger partial charge on any atom is 0.268 e. The molecule has 0 aliphatic rings. The van der Waals surface area contributed by atoms with Crippen LogP contribution in [-0.4, -0.2) is 17.4 Å². The van der Waals surface area contributed by atoms with Crippen molar-refractivity contribution >= 4 is 29.5 Å². The van der Waals surface area contributed by atoms with Gasteiger partial charge in [0.25, 0.3) is 5.91 Å². The van der Waals surface area contributed by atoms with Gasteiger partial charge in [0.15, 0.2) is 3.95 Å². The molecular weight excluding hydrogens is 252 g/mol. The lowest BCUT2D eigenvalue weighted by Gasteiger charge is -2.03. The SMILES string of the molecule is O=C(NCCc1ccccc1)c1csc(=S)[nH]1. The van der Waals surface area contributed by atoms with E-state index in [4.69, 9.17) is 12.2 Å². The minimum Gasteiger partial charge on any atom is -0.350 e. The van der Waals surface area contributed by atoms with Crippen LogP contribution < -0.4 is 5.32 Å². The first-order valence-corrected chi connectivity index (χ1v) is 6.54. The van der Waals surface area contributed by atoms with Crippen molar-refractivity contribution in [3.05, 3.63) is 50.9 Å². The van der Waals surface area contributed by atoms with Gasteiger partial charge in [0, 0.05) is 11.9 Å². The molecule has 0 fully saturated rings. The molecule has 0 unspecified atom stereocenters. The summed E-state index contributed by atoms with van der Waals surface area (Å²) in [5.41, 5.74) is 1.75. The number of carbonyl (C=O) groups is 1. The van der Waals surface area contributed by atoms with E-state index in [0.29, 0.717) is 16.2 Å². The third-order valence-electron chi connectivity index (χ3n) is 2.31. The molecular formula is C12H12N2OS2. The average molecular weight is 264 g/mol. The van der Waals surface area contributed by atoms with E-state index in [1.54, 1.807) is 5.38 Å². The third kappa shape index (κ3) is 3.51. The standard InChI is InChI=1S/C12H12N2OS2/c15-11(10-8-17-12(16)14-10)13-7-6-9-4-2-1-3-5-9/h1-5,8H,6-7H2,(H,13,15)(H,14,16). The van der Waals surface area contributed by atoms with E-state index < -0.39 is 0 Å². The highest BCUT2D eigenvalue weighted by atomic mass is 32.1. The van der Waals surface area contributed by atoms with Crippen LogP contribution in [0.3, 0.4) is 0 Å². The second-order valence-electron chi connectivity index (χ2n) is 3.55. The number of hydrogen-bond acceptors (Lipinski definition) is 3. The van der Waals surface area contributed by atoms with Gasteiger partial charge in [-0.2, -0.15) is 0 Å². The van der Waals surface area contributed by atoms with Crippen LogP contribution in [0.5, 0.6) is 0 Å². The van der Waals surface area contributed by atoms with E-state index in [-0.39, 0.29) is 5.91 Å². The van der Waals surface area contributed by atoms with E-state index in [0.717, 1.165) is 6.42 Å². The second-order valence-corrected chi connectivity index (χ2v) is 5.10. The maximum absolute atomic E-state index is 11.7. The van der Waals surface area contributed by atoms with Crippen molar-refractivity contribution in [2.24, 2.45) is 0 Å². The Labute approximate surface area is 109 Å². The van der Waals surface area contributed by atoms with Gasteiger partial charge in [0.1, 0.15) is 5.69 Å². The predicted molar refractivity (Wildman–Crippen MR) is 72.0 cm³/mol. The number of H-pyrrole nitrogens is 1. The Bertz CT molecular complexity index is 545. The zero-order chi connectivity index (χ0) is 12.1. The van der Waals surface area contributed by atoms with Crippen LogP contribution in [0, 0.1) is 3.95 Å². The molecule has 1 aromatic heterocycles. The summed E-state index contributed by atoms with van der Waals surface area (Å²) in [6.45, 7) is 0.624. The molecule has 0 saturated heterocycles. The minimum atomic E-state index is -0.103. The number of hydrogen-bond donors (Lipinski definition) is 2. The number of carbonyl (C=O) groups excluding carboxylic acids is 1. The van der Waals surface area contributed by atoms with Crippen LogP contribution in [0.25, 0.3) is 0 Å². The van der Waals surface area contributed by atoms with Crippen molar-refractivity contribution in [3.8, 4) is 0 Å². The highest BCUT2D eigenvalue weighted by Gasteiger charge is 2.05. The first kappa shape index (κ1) is 12.0. The Hall–Kier alpha value is -1.46. The van der Waals surface area contributed by atoms with Crippen molar-refractivity contribution in [1.29, 1.82) is 0 Å². The minimum absolute atomic E-state index is 0.103. The van der Waals surface area contributed by atoms with E-state index in [9.17, 15) is 4.79 Å². The summed E-state index contributed by atoms with van der Waals surface area (Å²) in [6.07, 6.45) is 0.831. The Balaban J connectivity index is 1.83. The fourth-order valence-electron chi connectivity index (χ4n) is 1.45. The van der Waals surface area contributed by atoms with E-state index in [1.165, 1.54) is 16.9 Å². The number of thiazole rings is 1. The number of aromatic nitrogens is 1. The number of nitrogens with one attached hydrogen (secondary N) is 2. The molecule has 1 amide bonds. The van der Waals surface area contributed by atoms with Crippen LogP contribution in [0.2, 0.25) is 0 Å². The van der Waals surface area contributed by atoms with Gasteiger partial charge < -0.3 is 10.3 Å². The monoisotopic (exact) mass is 264 g/mol. The number of benzene rings is 1. The summed E-state index contributed by atoms with van der Waals surface area (Å²) in [6, 6.07) is 10.1. The molecule has 0 aliphatic heterocycles. The molecule has 5 heteroatoms. The van der Waals surface area contributed by atoms with Gasteiger partial charge >= 0.3 is 0 Å². The second kappa shape index (κ2) is 5.75. The maximum atomic E-state index is 11.7. The fraction of sp³-hybridized carbons (Fsp3) is 0.167. The van der Waals surface area contributed by atoms with Gasteiger partial charge in [-0.15, -0.1) is 11.3 Å². The molecule has 2 rings (SSSR count). The van der Waals surface area contributed by atoms with E-state index >= 15 is 0 Å². The Kier molecular flexibility index (Phi) is 4.06. The normalized spacial score (nSPS) is 10.1. The molecule has 0 spiro atoms. The Morgan fingerprint density at radius 3 is 2.76 bits per heavy atom. The average Bonchev–Trinajstić information content (AvgIpc) is 2.77. The van der Waals surface area contributed by atoms with Gasteiger partial charge in [0.05, 0.1) is 0 Å². The van der Waals surface area contributed by atoms with Gasteiger partial charge in [-0.25, -0.2) is 0 Å². The van der Waals surface area contributed by atoms with Gasteiger partial charge in [-0.1, -0.05) is 30.3 Å². The number of amides is 1. The molecule has 17 heavy (non-hydrogen) atoms. The van der Waals surface area contributed by atoms with Gasteiger partial charge in [-0.05, 0) is 24.2 Å². The smallest absolute Gasteiger partial charge is 0.268 e. The van der Waals surface area contributed by atoms with Crippen LogP contribution in [-0.2, 0) is 6.42 Å². The largest absolute Gasteiger partial charge is 0.350 e. The Morgan fingerprint density at radius 2 is 2.12 bits per heavy atom.